The molecule has 0 aliphatic rings. The third-order valence-corrected chi connectivity index (χ3v) is 4.91. The number of hydrogen-bond donors (Lipinski definition) is 2. The van der Waals surface area contributed by atoms with Crippen LogP contribution in [0.2, 0.25) is 0 Å². The number of aryl methyl sites for hydroxylation is 1. The number of rotatable bonds is 6. The lowest BCUT2D eigenvalue weighted by atomic mass is 10.2. The zero-order valence-corrected chi connectivity index (χ0v) is 15.7. The molecule has 0 atom stereocenters. The fourth-order valence-corrected chi connectivity index (χ4v) is 3.23. The van der Waals surface area contributed by atoms with E-state index in [9.17, 15) is 9.90 Å². The largest absolute Gasteiger partial charge is 0.503 e. The lowest BCUT2D eigenvalue weighted by Gasteiger charge is -2.06. The van der Waals surface area contributed by atoms with E-state index in [4.69, 9.17) is 9.47 Å². The van der Waals surface area contributed by atoms with Crippen molar-refractivity contribution in [1.29, 1.82) is 0 Å². The Bertz CT molecular complexity index is 776. The van der Waals surface area contributed by atoms with Gasteiger partial charge in [0.1, 0.15) is 4.88 Å². The minimum absolute atomic E-state index is 0.00283. The highest BCUT2D eigenvalue weighted by molar-refractivity contribution is 9.10. The summed E-state index contributed by atoms with van der Waals surface area (Å²) in [5.41, 5.74) is 4.09. The van der Waals surface area contributed by atoms with Crippen molar-refractivity contribution in [2.45, 2.75) is 13.3 Å². The third-order valence-electron chi connectivity index (χ3n) is 3.10. The number of phenolic OH excluding ortho intramolecular Hbond substituents is 1. The van der Waals surface area contributed by atoms with Crippen LogP contribution >= 0.6 is 27.3 Å². The Morgan fingerprint density at radius 2 is 2.25 bits per heavy atom. The van der Waals surface area contributed by atoms with Crippen LogP contribution in [-0.4, -0.2) is 36.5 Å². The van der Waals surface area contributed by atoms with Crippen molar-refractivity contribution in [2.24, 2.45) is 5.10 Å². The van der Waals surface area contributed by atoms with Gasteiger partial charge in [0.2, 0.25) is 5.13 Å². The molecule has 2 aromatic rings. The molecular weight excluding hydrogens is 398 g/mol. The summed E-state index contributed by atoms with van der Waals surface area (Å²) in [5, 5.41) is 14.5. The van der Waals surface area contributed by atoms with Gasteiger partial charge in [-0.2, -0.15) is 5.10 Å². The van der Waals surface area contributed by atoms with Crippen molar-refractivity contribution in [3.05, 3.63) is 32.7 Å². The van der Waals surface area contributed by atoms with Crippen molar-refractivity contribution < 1.29 is 19.4 Å². The first-order valence-electron chi connectivity index (χ1n) is 6.94. The number of methoxy groups -OCH3 is 2. The normalized spacial score (nSPS) is 10.8. The molecular formula is C15H16BrN3O4S. The van der Waals surface area contributed by atoms with Crippen molar-refractivity contribution >= 4 is 44.6 Å². The summed E-state index contributed by atoms with van der Waals surface area (Å²) < 4.78 is 10.2. The molecule has 0 fully saturated rings. The molecule has 0 amide bonds. The van der Waals surface area contributed by atoms with E-state index in [1.807, 2.05) is 6.92 Å². The highest BCUT2D eigenvalue weighted by atomic mass is 79.9. The molecule has 0 saturated carbocycles. The zero-order valence-electron chi connectivity index (χ0n) is 13.3. The van der Waals surface area contributed by atoms with Crippen LogP contribution in [0.25, 0.3) is 0 Å². The Labute approximate surface area is 151 Å². The minimum atomic E-state index is -0.413. The number of nitrogens with one attached hydrogen (secondary N) is 1. The van der Waals surface area contributed by atoms with Crippen LogP contribution in [0.3, 0.4) is 0 Å². The summed E-state index contributed by atoms with van der Waals surface area (Å²) in [7, 11) is 2.81. The van der Waals surface area contributed by atoms with Gasteiger partial charge in [-0.05, 0) is 34.5 Å². The first-order chi connectivity index (χ1) is 11.5. The summed E-state index contributed by atoms with van der Waals surface area (Å²) in [6, 6.07) is 3.38. The predicted molar refractivity (Wildman–Crippen MR) is 96.4 cm³/mol. The number of carbonyl (C=O) groups excluding carboxylic acids is 1. The minimum Gasteiger partial charge on any atom is -0.503 e. The molecule has 1 aromatic carbocycles. The summed E-state index contributed by atoms with van der Waals surface area (Å²) in [6.45, 7) is 1.91. The average molecular weight is 414 g/mol. The van der Waals surface area contributed by atoms with E-state index in [0.29, 0.717) is 37.9 Å². The molecule has 0 unspecified atom stereocenters. The first-order valence-corrected chi connectivity index (χ1v) is 8.55. The number of ether oxygens (including phenoxy) is 2. The van der Waals surface area contributed by atoms with Crippen LogP contribution in [0.15, 0.2) is 21.7 Å². The van der Waals surface area contributed by atoms with Gasteiger partial charge in [-0.1, -0.05) is 18.3 Å². The Morgan fingerprint density at radius 1 is 1.50 bits per heavy atom. The maximum absolute atomic E-state index is 11.7. The fraction of sp³-hybridized carbons (Fsp3) is 0.267. The van der Waals surface area contributed by atoms with E-state index in [-0.39, 0.29) is 5.75 Å². The molecule has 1 aromatic heterocycles. The second-order valence-corrected chi connectivity index (χ2v) is 6.32. The maximum Gasteiger partial charge on any atom is 0.350 e. The maximum atomic E-state index is 11.7. The number of nitrogens with zero attached hydrogens (tertiary/aromatic N) is 2. The number of thiazole rings is 1. The summed E-state index contributed by atoms with van der Waals surface area (Å²) >= 11 is 4.46. The first kappa shape index (κ1) is 18.2. The molecule has 0 radical (unpaired) electrons. The fourth-order valence-electron chi connectivity index (χ4n) is 1.88. The van der Waals surface area contributed by atoms with Gasteiger partial charge >= 0.3 is 5.97 Å². The molecule has 0 spiro atoms. The number of hydrogen-bond acceptors (Lipinski definition) is 8. The lowest BCUT2D eigenvalue weighted by Crippen LogP contribution is -2.01. The topological polar surface area (TPSA) is 93.0 Å². The highest BCUT2D eigenvalue weighted by Crippen LogP contribution is 2.35. The van der Waals surface area contributed by atoms with E-state index in [1.54, 1.807) is 12.1 Å². The number of hydrazone groups is 1. The van der Waals surface area contributed by atoms with Crippen molar-refractivity contribution in [2.75, 3.05) is 19.6 Å². The van der Waals surface area contributed by atoms with Crippen molar-refractivity contribution in [3.63, 3.8) is 0 Å². The van der Waals surface area contributed by atoms with Gasteiger partial charge in [0.05, 0.1) is 30.6 Å². The van der Waals surface area contributed by atoms with Crippen LogP contribution in [0.5, 0.6) is 11.5 Å². The molecule has 128 valence electrons. The van der Waals surface area contributed by atoms with Crippen LogP contribution in [0.4, 0.5) is 5.13 Å². The second-order valence-electron chi connectivity index (χ2n) is 4.53. The van der Waals surface area contributed by atoms with Crippen LogP contribution in [0, 0.1) is 0 Å². The Morgan fingerprint density at radius 3 is 2.88 bits per heavy atom. The number of aromatic hydroxyl groups is 1. The van der Waals surface area contributed by atoms with Gasteiger partial charge in [0.25, 0.3) is 0 Å². The number of carbonyl (C=O) groups is 1. The quantitative estimate of drug-likeness (QED) is 0.428. The van der Waals surface area contributed by atoms with Gasteiger partial charge in [-0.15, -0.1) is 0 Å². The van der Waals surface area contributed by atoms with Crippen LogP contribution < -0.4 is 10.2 Å². The van der Waals surface area contributed by atoms with E-state index in [0.717, 1.165) is 0 Å². The molecule has 2 N–H and O–H groups in total. The predicted octanol–water partition coefficient (Wildman–Crippen LogP) is 3.41. The van der Waals surface area contributed by atoms with E-state index < -0.39 is 5.97 Å². The van der Waals surface area contributed by atoms with E-state index in [2.05, 4.69) is 31.4 Å². The molecule has 9 heteroatoms. The van der Waals surface area contributed by atoms with Gasteiger partial charge in [-0.3, -0.25) is 5.43 Å². The van der Waals surface area contributed by atoms with Gasteiger partial charge < -0.3 is 14.6 Å². The smallest absolute Gasteiger partial charge is 0.350 e. The molecule has 1 heterocycles. The molecule has 7 nitrogen and oxygen atoms in total. The number of halogens is 1. The number of aromatic nitrogens is 1. The monoisotopic (exact) mass is 413 g/mol. The Kier molecular flexibility index (Phi) is 6.16. The average Bonchev–Trinajstić information content (AvgIpc) is 3.01. The molecule has 0 aliphatic carbocycles. The van der Waals surface area contributed by atoms with Crippen LogP contribution in [0.1, 0.15) is 27.9 Å². The van der Waals surface area contributed by atoms with Crippen LogP contribution in [-0.2, 0) is 11.2 Å². The number of anilines is 1. The van der Waals surface area contributed by atoms with E-state index in [1.165, 1.54) is 31.8 Å². The third kappa shape index (κ3) is 3.85. The van der Waals surface area contributed by atoms with Gasteiger partial charge in [0.15, 0.2) is 11.5 Å². The highest BCUT2D eigenvalue weighted by Gasteiger charge is 2.17. The SMILES string of the molecule is CCc1nc(N/N=C\c2ccc(OC)c(O)c2Br)sc1C(=O)OC. The Balaban J connectivity index is 2.16. The number of phenols is 1. The molecule has 2 rings (SSSR count). The van der Waals surface area contributed by atoms with Crippen molar-refractivity contribution in [1.82, 2.24) is 4.98 Å². The number of esters is 1. The van der Waals surface area contributed by atoms with Gasteiger partial charge in [-0.25, -0.2) is 9.78 Å². The lowest BCUT2D eigenvalue weighted by molar-refractivity contribution is 0.0605. The molecule has 0 bridgehead atoms. The summed E-state index contributed by atoms with van der Waals surface area (Å²) in [4.78, 5) is 16.4. The zero-order chi connectivity index (χ0) is 17.7. The van der Waals surface area contributed by atoms with E-state index >= 15 is 0 Å². The molecule has 24 heavy (non-hydrogen) atoms. The molecule has 0 aliphatic heterocycles. The second kappa shape index (κ2) is 8.11. The summed E-state index contributed by atoms with van der Waals surface area (Å²) in [5.74, 6) is -0.0524. The standard InChI is InChI=1S/C15H16BrN3O4S/c1-4-9-13(14(21)23-3)24-15(18-9)19-17-7-8-5-6-10(22-2)12(20)11(8)16/h5-7,20H,4H2,1-3H3,(H,18,19)/b17-7-. The van der Waals surface area contributed by atoms with Gasteiger partial charge in [0, 0.05) is 5.56 Å². The van der Waals surface area contributed by atoms with Crippen molar-refractivity contribution in [3.8, 4) is 11.5 Å². The summed E-state index contributed by atoms with van der Waals surface area (Å²) in [6.07, 6.45) is 2.14. The molecule has 0 saturated heterocycles. The Hall–Kier alpha value is -2.13. The number of benzene rings is 1.